The van der Waals surface area contributed by atoms with Gasteiger partial charge in [0.25, 0.3) is 5.91 Å². The Morgan fingerprint density at radius 3 is 2.52 bits per heavy atom. The smallest absolute Gasteiger partial charge is 0.326 e. The summed E-state index contributed by atoms with van der Waals surface area (Å²) >= 11 is 0. The molecule has 1 fully saturated rings. The van der Waals surface area contributed by atoms with Crippen LogP contribution in [-0.2, 0) is 4.79 Å². The van der Waals surface area contributed by atoms with E-state index < -0.39 is 12.0 Å². The first-order valence-electron chi connectivity index (χ1n) is 8.33. The van der Waals surface area contributed by atoms with Crippen LogP contribution >= 0.6 is 0 Å². The molecular formula is C19H20N2O4. The molecule has 1 aliphatic rings. The van der Waals surface area contributed by atoms with E-state index in [9.17, 15) is 14.7 Å². The van der Waals surface area contributed by atoms with Crippen LogP contribution in [-0.4, -0.2) is 46.1 Å². The molecule has 1 saturated heterocycles. The molecule has 0 spiro atoms. The molecule has 1 aliphatic heterocycles. The fourth-order valence-electron chi connectivity index (χ4n) is 3.02. The molecule has 1 amide bonds. The van der Waals surface area contributed by atoms with Crippen LogP contribution in [0.15, 0.2) is 42.6 Å². The van der Waals surface area contributed by atoms with Gasteiger partial charge in [-0.3, -0.25) is 4.79 Å². The Morgan fingerprint density at radius 1 is 1.20 bits per heavy atom. The summed E-state index contributed by atoms with van der Waals surface area (Å²) in [4.78, 5) is 29.5. The summed E-state index contributed by atoms with van der Waals surface area (Å²) in [5.41, 5.74) is 2.35. The molecule has 0 aliphatic carbocycles. The molecule has 2 aromatic rings. The number of ether oxygens (including phenoxy) is 1. The molecule has 25 heavy (non-hydrogen) atoms. The highest BCUT2D eigenvalue weighted by molar-refractivity contribution is 5.97. The van der Waals surface area contributed by atoms with E-state index >= 15 is 0 Å². The van der Waals surface area contributed by atoms with Gasteiger partial charge in [0.05, 0.1) is 6.61 Å². The Hall–Kier alpha value is -2.89. The number of hydrogen-bond donors (Lipinski definition) is 1. The average molecular weight is 340 g/mol. The van der Waals surface area contributed by atoms with Gasteiger partial charge in [0.2, 0.25) is 5.88 Å². The monoisotopic (exact) mass is 340 g/mol. The first-order valence-corrected chi connectivity index (χ1v) is 8.33. The number of nitrogens with zero attached hydrogens (tertiary/aromatic N) is 2. The van der Waals surface area contributed by atoms with Gasteiger partial charge < -0.3 is 14.7 Å². The van der Waals surface area contributed by atoms with Crippen molar-refractivity contribution in [3.63, 3.8) is 0 Å². The number of benzene rings is 1. The molecule has 1 atom stereocenters. The van der Waals surface area contributed by atoms with Crippen molar-refractivity contribution >= 4 is 11.9 Å². The van der Waals surface area contributed by atoms with Crippen molar-refractivity contribution in [3.8, 4) is 17.0 Å². The topological polar surface area (TPSA) is 79.7 Å². The number of carboxylic acids is 1. The Morgan fingerprint density at radius 2 is 1.92 bits per heavy atom. The van der Waals surface area contributed by atoms with Crippen molar-refractivity contribution in [3.05, 3.63) is 48.2 Å². The third-order valence-corrected chi connectivity index (χ3v) is 4.29. The van der Waals surface area contributed by atoms with E-state index in [0.717, 1.165) is 17.5 Å². The normalized spacial score (nSPS) is 16.7. The predicted octanol–water partition coefficient (Wildman–Crippen LogP) is 2.84. The van der Waals surface area contributed by atoms with Crippen LogP contribution in [0, 0.1) is 0 Å². The zero-order valence-corrected chi connectivity index (χ0v) is 14.0. The van der Waals surface area contributed by atoms with E-state index in [4.69, 9.17) is 4.74 Å². The Bertz CT molecular complexity index is 756. The summed E-state index contributed by atoms with van der Waals surface area (Å²) < 4.78 is 5.32. The van der Waals surface area contributed by atoms with Crippen LogP contribution in [0.4, 0.5) is 0 Å². The second-order valence-corrected chi connectivity index (χ2v) is 5.89. The van der Waals surface area contributed by atoms with Crippen LogP contribution in [0.2, 0.25) is 0 Å². The molecule has 1 aromatic carbocycles. The molecule has 0 saturated carbocycles. The number of rotatable bonds is 5. The lowest BCUT2D eigenvalue weighted by Crippen LogP contribution is -2.40. The molecule has 3 rings (SSSR count). The van der Waals surface area contributed by atoms with Gasteiger partial charge in [0.15, 0.2) is 0 Å². The SMILES string of the molecule is CCOc1ccc(-c2ccc(C(=O)N3CCCC3C(=O)O)cc2)cn1. The third-order valence-electron chi connectivity index (χ3n) is 4.29. The van der Waals surface area contributed by atoms with Crippen LogP contribution in [0.1, 0.15) is 30.1 Å². The Balaban J connectivity index is 1.75. The summed E-state index contributed by atoms with van der Waals surface area (Å²) in [6.07, 6.45) is 2.96. The number of likely N-dealkylation sites (tertiary alicyclic amines) is 1. The Kier molecular flexibility index (Phi) is 4.97. The van der Waals surface area contributed by atoms with Gasteiger partial charge in [-0.25, -0.2) is 9.78 Å². The largest absolute Gasteiger partial charge is 0.480 e. The van der Waals surface area contributed by atoms with Crippen molar-refractivity contribution in [2.45, 2.75) is 25.8 Å². The van der Waals surface area contributed by atoms with E-state index in [1.807, 2.05) is 25.1 Å². The van der Waals surface area contributed by atoms with Crippen molar-refractivity contribution in [1.29, 1.82) is 0 Å². The number of hydrogen-bond acceptors (Lipinski definition) is 4. The summed E-state index contributed by atoms with van der Waals surface area (Å²) in [6, 6.07) is 10.1. The second kappa shape index (κ2) is 7.34. The van der Waals surface area contributed by atoms with Gasteiger partial charge >= 0.3 is 5.97 Å². The maximum Gasteiger partial charge on any atom is 0.326 e. The number of aromatic nitrogens is 1. The highest BCUT2D eigenvalue weighted by Crippen LogP contribution is 2.24. The number of carbonyl (C=O) groups is 2. The van der Waals surface area contributed by atoms with Crippen molar-refractivity contribution in [1.82, 2.24) is 9.88 Å². The van der Waals surface area contributed by atoms with Gasteiger partial charge in [-0.05, 0) is 43.5 Å². The molecule has 2 heterocycles. The summed E-state index contributed by atoms with van der Waals surface area (Å²) in [5.74, 6) is -0.601. The minimum Gasteiger partial charge on any atom is -0.480 e. The average Bonchev–Trinajstić information content (AvgIpc) is 3.12. The van der Waals surface area contributed by atoms with Gasteiger partial charge in [-0.1, -0.05) is 12.1 Å². The van der Waals surface area contributed by atoms with E-state index in [0.29, 0.717) is 31.0 Å². The van der Waals surface area contributed by atoms with Gasteiger partial charge in [0.1, 0.15) is 6.04 Å². The predicted molar refractivity (Wildman–Crippen MR) is 92.5 cm³/mol. The number of aliphatic carboxylic acids is 1. The summed E-state index contributed by atoms with van der Waals surface area (Å²) in [7, 11) is 0. The minimum atomic E-state index is -0.942. The number of amides is 1. The van der Waals surface area contributed by atoms with Gasteiger partial charge in [-0.15, -0.1) is 0 Å². The van der Waals surface area contributed by atoms with Crippen molar-refractivity contribution in [2.75, 3.05) is 13.2 Å². The number of carboxylic acid groups (broad SMARTS) is 1. The zero-order chi connectivity index (χ0) is 17.8. The highest BCUT2D eigenvalue weighted by Gasteiger charge is 2.34. The minimum absolute atomic E-state index is 0.235. The molecule has 1 unspecified atom stereocenters. The lowest BCUT2D eigenvalue weighted by molar-refractivity contribution is -0.141. The van der Waals surface area contributed by atoms with Gasteiger partial charge in [-0.2, -0.15) is 0 Å². The molecule has 130 valence electrons. The first kappa shape index (κ1) is 17.0. The van der Waals surface area contributed by atoms with Crippen LogP contribution in [0.25, 0.3) is 11.1 Å². The maximum absolute atomic E-state index is 12.6. The second-order valence-electron chi connectivity index (χ2n) is 5.89. The van der Waals surface area contributed by atoms with Crippen molar-refractivity contribution < 1.29 is 19.4 Å². The molecule has 6 heteroatoms. The summed E-state index contributed by atoms with van der Waals surface area (Å²) in [6.45, 7) is 2.96. The highest BCUT2D eigenvalue weighted by atomic mass is 16.5. The molecule has 1 aromatic heterocycles. The van der Waals surface area contributed by atoms with Crippen LogP contribution in [0.3, 0.4) is 0 Å². The maximum atomic E-state index is 12.6. The van der Waals surface area contributed by atoms with Gasteiger partial charge in [0, 0.05) is 29.9 Å². The molecular weight excluding hydrogens is 320 g/mol. The zero-order valence-electron chi connectivity index (χ0n) is 14.0. The molecule has 0 bridgehead atoms. The number of carbonyl (C=O) groups excluding carboxylic acids is 1. The van der Waals surface area contributed by atoms with E-state index in [2.05, 4.69) is 4.98 Å². The van der Waals surface area contributed by atoms with E-state index in [-0.39, 0.29) is 5.91 Å². The quantitative estimate of drug-likeness (QED) is 0.905. The van der Waals surface area contributed by atoms with E-state index in [1.54, 1.807) is 24.4 Å². The lowest BCUT2D eigenvalue weighted by Gasteiger charge is -2.21. The van der Waals surface area contributed by atoms with E-state index in [1.165, 1.54) is 4.90 Å². The standard InChI is InChI=1S/C19H20N2O4/c1-2-25-17-10-9-15(12-20-17)13-5-7-14(8-6-13)18(22)21-11-3-4-16(21)19(23)24/h5-10,12,16H,2-4,11H2,1H3,(H,23,24). The first-order chi connectivity index (χ1) is 12.1. The fourth-order valence-corrected chi connectivity index (χ4v) is 3.02. The van der Waals surface area contributed by atoms with Crippen LogP contribution < -0.4 is 4.74 Å². The third kappa shape index (κ3) is 3.63. The fraction of sp³-hybridized carbons (Fsp3) is 0.316. The summed E-state index contributed by atoms with van der Waals surface area (Å²) in [5, 5.41) is 9.22. The molecule has 0 radical (unpaired) electrons. The Labute approximate surface area is 146 Å². The number of pyridine rings is 1. The lowest BCUT2D eigenvalue weighted by atomic mass is 10.0. The molecule has 6 nitrogen and oxygen atoms in total. The molecule has 1 N–H and O–H groups in total. The van der Waals surface area contributed by atoms with Crippen molar-refractivity contribution in [2.24, 2.45) is 0 Å². The van der Waals surface area contributed by atoms with Crippen LogP contribution in [0.5, 0.6) is 5.88 Å².